The van der Waals surface area contributed by atoms with Gasteiger partial charge in [-0.25, -0.2) is 22.7 Å². The third-order valence-electron chi connectivity index (χ3n) is 3.32. The number of benzene rings is 1. The molecule has 7 heteroatoms. The Bertz CT molecular complexity index is 776. The summed E-state index contributed by atoms with van der Waals surface area (Å²) in [5.41, 5.74) is 3.54. The largest absolute Gasteiger partial charge is 0.226 e. The molecular weight excluding hydrogens is 322 g/mol. The molecule has 0 unspecified atom stereocenters. The SMILES string of the molecule is Cc1cnc(Cl)nc1Cc1cccc(CS(=O)(=O)N(C)C)c1. The van der Waals surface area contributed by atoms with Crippen molar-refractivity contribution in [3.05, 3.63) is 58.1 Å². The molecule has 0 aliphatic heterocycles. The van der Waals surface area contributed by atoms with E-state index in [1.54, 1.807) is 6.20 Å². The van der Waals surface area contributed by atoms with Crippen molar-refractivity contribution in [3.8, 4) is 0 Å². The highest BCUT2D eigenvalue weighted by atomic mass is 35.5. The number of aryl methyl sites for hydroxylation is 1. The molecule has 2 aromatic rings. The van der Waals surface area contributed by atoms with E-state index in [-0.39, 0.29) is 11.0 Å². The summed E-state index contributed by atoms with van der Waals surface area (Å²) in [6, 6.07) is 7.50. The van der Waals surface area contributed by atoms with Crippen LogP contribution in [-0.2, 0) is 22.2 Å². The Balaban J connectivity index is 2.24. The minimum atomic E-state index is -3.27. The lowest BCUT2D eigenvalue weighted by molar-refractivity contribution is 0.519. The van der Waals surface area contributed by atoms with Gasteiger partial charge in [0.25, 0.3) is 0 Å². The van der Waals surface area contributed by atoms with Crippen molar-refractivity contribution in [2.75, 3.05) is 14.1 Å². The second-order valence-corrected chi connectivity index (χ2v) is 7.82. The summed E-state index contributed by atoms with van der Waals surface area (Å²) in [7, 11) is -0.203. The first-order valence-corrected chi connectivity index (χ1v) is 8.72. The zero-order chi connectivity index (χ0) is 16.3. The van der Waals surface area contributed by atoms with Crippen LogP contribution in [0.3, 0.4) is 0 Å². The van der Waals surface area contributed by atoms with E-state index in [4.69, 9.17) is 11.6 Å². The fraction of sp³-hybridized carbons (Fsp3) is 0.333. The van der Waals surface area contributed by atoms with Crippen LogP contribution in [-0.4, -0.2) is 36.8 Å². The molecule has 22 heavy (non-hydrogen) atoms. The van der Waals surface area contributed by atoms with Gasteiger partial charge < -0.3 is 0 Å². The van der Waals surface area contributed by atoms with Gasteiger partial charge in [-0.05, 0) is 35.2 Å². The molecule has 5 nitrogen and oxygen atoms in total. The first-order valence-electron chi connectivity index (χ1n) is 6.74. The Morgan fingerprint density at radius 3 is 2.59 bits per heavy atom. The van der Waals surface area contributed by atoms with Crippen LogP contribution in [0.4, 0.5) is 0 Å². The molecule has 0 N–H and O–H groups in total. The summed E-state index contributed by atoms with van der Waals surface area (Å²) in [6.45, 7) is 1.92. The second kappa shape index (κ2) is 6.73. The Hall–Kier alpha value is -1.50. The van der Waals surface area contributed by atoms with E-state index in [2.05, 4.69) is 9.97 Å². The molecule has 118 valence electrons. The Kier molecular flexibility index (Phi) is 5.16. The maximum Gasteiger partial charge on any atom is 0.222 e. The van der Waals surface area contributed by atoms with Crippen LogP contribution in [0, 0.1) is 6.92 Å². The number of hydrogen-bond donors (Lipinski definition) is 0. The Labute approximate surface area is 136 Å². The van der Waals surface area contributed by atoms with Crippen molar-refractivity contribution in [1.82, 2.24) is 14.3 Å². The van der Waals surface area contributed by atoms with Crippen molar-refractivity contribution in [2.24, 2.45) is 0 Å². The van der Waals surface area contributed by atoms with Crippen LogP contribution in [0.15, 0.2) is 30.5 Å². The molecule has 1 heterocycles. The molecule has 0 saturated carbocycles. The highest BCUT2D eigenvalue weighted by Gasteiger charge is 2.15. The number of aromatic nitrogens is 2. The van der Waals surface area contributed by atoms with Gasteiger partial charge in [0.1, 0.15) is 0 Å². The van der Waals surface area contributed by atoms with E-state index < -0.39 is 10.0 Å². The third-order valence-corrected chi connectivity index (χ3v) is 5.31. The van der Waals surface area contributed by atoms with Crippen LogP contribution in [0.5, 0.6) is 0 Å². The third kappa shape index (κ3) is 4.25. The molecule has 0 fully saturated rings. The number of halogens is 1. The van der Waals surface area contributed by atoms with E-state index in [1.165, 1.54) is 18.4 Å². The molecule has 0 atom stereocenters. The second-order valence-electron chi connectivity index (χ2n) is 5.30. The van der Waals surface area contributed by atoms with Crippen molar-refractivity contribution in [2.45, 2.75) is 19.1 Å². The quantitative estimate of drug-likeness (QED) is 0.785. The lowest BCUT2D eigenvalue weighted by atomic mass is 10.0. The lowest BCUT2D eigenvalue weighted by Crippen LogP contribution is -2.23. The van der Waals surface area contributed by atoms with Crippen molar-refractivity contribution in [1.29, 1.82) is 0 Å². The van der Waals surface area contributed by atoms with Gasteiger partial charge in [0.2, 0.25) is 15.3 Å². The van der Waals surface area contributed by atoms with Gasteiger partial charge in [0.15, 0.2) is 0 Å². The highest BCUT2D eigenvalue weighted by Crippen LogP contribution is 2.16. The standard InChI is InChI=1S/C15H18ClN3O2S/c1-11-9-17-15(16)18-14(11)8-12-5-4-6-13(7-12)10-22(20,21)19(2)3/h4-7,9H,8,10H2,1-3H3. The Morgan fingerprint density at radius 1 is 1.23 bits per heavy atom. The van der Waals surface area contributed by atoms with Gasteiger partial charge in [0, 0.05) is 26.7 Å². The molecule has 2 rings (SSSR count). The predicted octanol–water partition coefficient (Wildman–Crippen LogP) is 2.42. The summed E-state index contributed by atoms with van der Waals surface area (Å²) in [4.78, 5) is 8.16. The number of nitrogens with zero attached hydrogens (tertiary/aromatic N) is 3. The monoisotopic (exact) mass is 339 g/mol. The summed E-state index contributed by atoms with van der Waals surface area (Å²) in [5.74, 6) is -0.0165. The molecule has 0 bridgehead atoms. The topological polar surface area (TPSA) is 63.2 Å². The molecular formula is C15H18ClN3O2S. The lowest BCUT2D eigenvalue weighted by Gasteiger charge is -2.12. The fourth-order valence-corrected chi connectivity index (χ4v) is 3.00. The van der Waals surface area contributed by atoms with Gasteiger partial charge >= 0.3 is 0 Å². The average Bonchev–Trinajstić information content (AvgIpc) is 2.42. The minimum Gasteiger partial charge on any atom is -0.226 e. The van der Waals surface area contributed by atoms with Gasteiger partial charge in [-0.1, -0.05) is 24.3 Å². The molecule has 1 aromatic carbocycles. The van der Waals surface area contributed by atoms with Crippen LogP contribution in [0.1, 0.15) is 22.4 Å². The van der Waals surface area contributed by atoms with Crippen LogP contribution in [0.2, 0.25) is 5.28 Å². The molecule has 0 amide bonds. The van der Waals surface area contributed by atoms with Crippen molar-refractivity contribution < 1.29 is 8.42 Å². The highest BCUT2D eigenvalue weighted by molar-refractivity contribution is 7.88. The predicted molar refractivity (Wildman–Crippen MR) is 87.3 cm³/mol. The zero-order valence-corrected chi connectivity index (χ0v) is 14.3. The minimum absolute atomic E-state index is 0.0165. The average molecular weight is 340 g/mol. The molecule has 1 aromatic heterocycles. The van der Waals surface area contributed by atoms with E-state index in [0.29, 0.717) is 6.42 Å². The smallest absolute Gasteiger partial charge is 0.222 e. The normalized spacial score (nSPS) is 11.9. The summed E-state index contributed by atoms with van der Waals surface area (Å²) < 4.78 is 25.1. The van der Waals surface area contributed by atoms with Gasteiger partial charge in [-0.3, -0.25) is 0 Å². The molecule has 0 radical (unpaired) electrons. The first kappa shape index (κ1) is 16.9. The number of rotatable bonds is 5. The fourth-order valence-electron chi connectivity index (χ4n) is 1.99. The molecule has 0 saturated heterocycles. The molecule has 0 aliphatic carbocycles. The molecule has 0 aliphatic rings. The maximum absolute atomic E-state index is 12.0. The van der Waals surface area contributed by atoms with Gasteiger partial charge in [0.05, 0.1) is 11.4 Å². The zero-order valence-electron chi connectivity index (χ0n) is 12.7. The maximum atomic E-state index is 12.0. The van der Waals surface area contributed by atoms with Gasteiger partial charge in [-0.15, -0.1) is 0 Å². The first-order chi connectivity index (χ1) is 10.3. The van der Waals surface area contributed by atoms with Crippen LogP contribution >= 0.6 is 11.6 Å². The molecule has 0 spiro atoms. The Morgan fingerprint density at radius 2 is 1.91 bits per heavy atom. The van der Waals surface area contributed by atoms with Crippen molar-refractivity contribution >= 4 is 21.6 Å². The number of sulfonamides is 1. The van der Waals surface area contributed by atoms with Gasteiger partial charge in [-0.2, -0.15) is 0 Å². The van der Waals surface area contributed by atoms with E-state index >= 15 is 0 Å². The van der Waals surface area contributed by atoms with Crippen molar-refractivity contribution in [3.63, 3.8) is 0 Å². The summed E-state index contributed by atoms with van der Waals surface area (Å²) >= 11 is 5.83. The van der Waals surface area contributed by atoms with Crippen LogP contribution in [0.25, 0.3) is 0 Å². The van der Waals surface area contributed by atoms with Crippen LogP contribution < -0.4 is 0 Å². The summed E-state index contributed by atoms with van der Waals surface area (Å²) in [6.07, 6.45) is 2.27. The summed E-state index contributed by atoms with van der Waals surface area (Å²) in [5, 5.41) is 0.215. The van der Waals surface area contributed by atoms with E-state index in [0.717, 1.165) is 22.4 Å². The van der Waals surface area contributed by atoms with E-state index in [1.807, 2.05) is 31.2 Å². The van der Waals surface area contributed by atoms with E-state index in [9.17, 15) is 8.42 Å². The number of hydrogen-bond acceptors (Lipinski definition) is 4.